The molecular formula is C23H26F3N3O4S. The molecule has 2 aromatic rings. The summed E-state index contributed by atoms with van der Waals surface area (Å²) in [5, 5.41) is 8.10. The van der Waals surface area contributed by atoms with Crippen LogP contribution in [0, 0.1) is 0 Å². The average Bonchev–Trinajstić information content (AvgIpc) is 3.16. The molecule has 1 aliphatic rings. The van der Waals surface area contributed by atoms with Crippen LogP contribution in [0.1, 0.15) is 43.0 Å². The van der Waals surface area contributed by atoms with Gasteiger partial charge in [0.05, 0.1) is 10.3 Å². The van der Waals surface area contributed by atoms with Crippen LogP contribution in [0.4, 0.5) is 18.9 Å². The van der Waals surface area contributed by atoms with Crippen molar-refractivity contribution in [2.75, 3.05) is 18.1 Å². The second kappa shape index (κ2) is 9.38. The van der Waals surface area contributed by atoms with E-state index < -0.39 is 39.3 Å². The van der Waals surface area contributed by atoms with Crippen molar-refractivity contribution >= 4 is 27.3 Å². The topological polar surface area (TPSA) is 104 Å². The number of carbonyl (C=O) groups excluding carboxylic acids is 2. The summed E-state index contributed by atoms with van der Waals surface area (Å²) < 4.78 is 65.0. The fourth-order valence-electron chi connectivity index (χ4n) is 3.88. The quantitative estimate of drug-likeness (QED) is 0.545. The van der Waals surface area contributed by atoms with Crippen LogP contribution < -0.4 is 16.0 Å². The summed E-state index contributed by atoms with van der Waals surface area (Å²) in [4.78, 5) is 24.0. The number of anilines is 1. The standard InChI is InChI=1S/C23H26F3N3O4S/c1-14(30)27-11-10-22(2,23(24,25)26)16-4-6-17(7-5-16)29-21(31)20-19-9-8-18(34(3,32)33)12-15(19)13-28-20/h4-9,12,20,28H,10-11,13H2,1-3H3,(H,27,30)(H,29,31). The number of carbonyl (C=O) groups is 2. The van der Waals surface area contributed by atoms with E-state index >= 15 is 0 Å². The Balaban J connectivity index is 1.75. The lowest BCUT2D eigenvalue weighted by Crippen LogP contribution is -2.42. The minimum absolute atomic E-state index is 0.0148. The van der Waals surface area contributed by atoms with Crippen molar-refractivity contribution in [3.63, 3.8) is 0 Å². The molecule has 0 aliphatic carbocycles. The summed E-state index contributed by atoms with van der Waals surface area (Å²) in [5.41, 5.74) is -0.506. The van der Waals surface area contributed by atoms with Crippen LogP contribution in [0.5, 0.6) is 0 Å². The molecule has 0 bridgehead atoms. The highest BCUT2D eigenvalue weighted by atomic mass is 32.2. The summed E-state index contributed by atoms with van der Waals surface area (Å²) in [6.07, 6.45) is -3.77. The van der Waals surface area contributed by atoms with E-state index in [1.54, 1.807) is 6.07 Å². The molecule has 3 N–H and O–H groups in total. The van der Waals surface area contributed by atoms with Crippen molar-refractivity contribution in [1.82, 2.24) is 10.6 Å². The van der Waals surface area contributed by atoms with Crippen molar-refractivity contribution in [3.05, 3.63) is 59.2 Å². The van der Waals surface area contributed by atoms with Gasteiger partial charge in [-0.05, 0) is 54.3 Å². The molecule has 7 nitrogen and oxygen atoms in total. The lowest BCUT2D eigenvalue weighted by Gasteiger charge is -2.33. The van der Waals surface area contributed by atoms with Crippen LogP contribution in [0.25, 0.3) is 0 Å². The number of fused-ring (bicyclic) bond motifs is 1. The number of hydrogen-bond acceptors (Lipinski definition) is 5. The molecule has 0 aromatic heterocycles. The predicted molar refractivity (Wildman–Crippen MR) is 121 cm³/mol. The van der Waals surface area contributed by atoms with E-state index in [2.05, 4.69) is 16.0 Å². The molecule has 34 heavy (non-hydrogen) atoms. The minimum Gasteiger partial charge on any atom is -0.356 e. The number of nitrogens with one attached hydrogen (secondary N) is 3. The predicted octanol–water partition coefficient (Wildman–Crippen LogP) is 3.22. The van der Waals surface area contributed by atoms with Gasteiger partial charge in [0.25, 0.3) is 0 Å². The zero-order valence-corrected chi connectivity index (χ0v) is 19.7. The van der Waals surface area contributed by atoms with E-state index in [-0.39, 0.29) is 23.4 Å². The molecule has 1 heterocycles. The summed E-state index contributed by atoms with van der Waals surface area (Å²) in [6.45, 7) is 2.50. The Kier molecular flexibility index (Phi) is 7.09. The van der Waals surface area contributed by atoms with Crippen LogP contribution in [0.15, 0.2) is 47.4 Å². The highest BCUT2D eigenvalue weighted by molar-refractivity contribution is 7.90. The van der Waals surface area contributed by atoms with Gasteiger partial charge in [0, 0.05) is 32.0 Å². The van der Waals surface area contributed by atoms with Gasteiger partial charge in [-0.3, -0.25) is 14.9 Å². The molecule has 2 aromatic carbocycles. The van der Waals surface area contributed by atoms with E-state index in [9.17, 15) is 31.2 Å². The highest BCUT2D eigenvalue weighted by Gasteiger charge is 2.51. The van der Waals surface area contributed by atoms with Gasteiger partial charge in [-0.15, -0.1) is 0 Å². The minimum atomic E-state index is -4.54. The molecule has 2 unspecified atom stereocenters. The molecule has 2 atom stereocenters. The highest BCUT2D eigenvalue weighted by Crippen LogP contribution is 2.43. The average molecular weight is 498 g/mol. The maximum Gasteiger partial charge on any atom is 0.398 e. The fourth-order valence-corrected chi connectivity index (χ4v) is 4.55. The van der Waals surface area contributed by atoms with Crippen LogP contribution in [0.3, 0.4) is 0 Å². The first-order valence-electron chi connectivity index (χ1n) is 10.5. The first-order chi connectivity index (χ1) is 15.7. The maximum absolute atomic E-state index is 13.8. The van der Waals surface area contributed by atoms with Gasteiger partial charge in [-0.1, -0.05) is 18.2 Å². The van der Waals surface area contributed by atoms with Gasteiger partial charge in [0.1, 0.15) is 6.04 Å². The Morgan fingerprint density at radius 1 is 1.12 bits per heavy atom. The summed E-state index contributed by atoms with van der Waals surface area (Å²) in [7, 11) is -3.38. The summed E-state index contributed by atoms with van der Waals surface area (Å²) in [6, 6.07) is 9.26. The molecule has 0 spiro atoms. The van der Waals surface area contributed by atoms with Crippen molar-refractivity contribution < 1.29 is 31.2 Å². The van der Waals surface area contributed by atoms with E-state index in [4.69, 9.17) is 0 Å². The van der Waals surface area contributed by atoms with Crippen molar-refractivity contribution in [2.45, 2.75) is 49.3 Å². The molecular weight excluding hydrogens is 471 g/mol. The third-order valence-corrected chi connectivity index (χ3v) is 7.14. The number of hydrogen-bond donors (Lipinski definition) is 3. The van der Waals surface area contributed by atoms with Crippen molar-refractivity contribution in [3.8, 4) is 0 Å². The molecule has 0 fully saturated rings. The Morgan fingerprint density at radius 3 is 2.32 bits per heavy atom. The van der Waals surface area contributed by atoms with Gasteiger partial charge in [-0.25, -0.2) is 8.42 Å². The summed E-state index contributed by atoms with van der Waals surface area (Å²) in [5.74, 6) is -0.819. The monoisotopic (exact) mass is 497 g/mol. The van der Waals surface area contributed by atoms with Gasteiger partial charge < -0.3 is 10.6 Å². The lowest BCUT2D eigenvalue weighted by atomic mass is 9.78. The van der Waals surface area contributed by atoms with E-state index in [1.165, 1.54) is 43.3 Å². The largest absolute Gasteiger partial charge is 0.398 e. The molecule has 0 saturated heterocycles. The number of halogens is 3. The molecule has 0 radical (unpaired) electrons. The van der Waals surface area contributed by atoms with E-state index in [0.717, 1.165) is 13.2 Å². The number of sulfone groups is 1. The molecule has 0 saturated carbocycles. The van der Waals surface area contributed by atoms with Crippen LogP contribution >= 0.6 is 0 Å². The zero-order valence-electron chi connectivity index (χ0n) is 18.9. The SMILES string of the molecule is CC(=O)NCCC(C)(c1ccc(NC(=O)C2NCc3cc(S(C)(=O)=O)ccc32)cc1)C(F)(F)F. The second-order valence-corrected chi connectivity index (χ2v) is 10.6. The second-order valence-electron chi connectivity index (χ2n) is 8.58. The Labute approximate surface area is 196 Å². The third kappa shape index (κ3) is 5.41. The number of benzene rings is 2. The van der Waals surface area contributed by atoms with Crippen molar-refractivity contribution in [2.24, 2.45) is 0 Å². The lowest BCUT2D eigenvalue weighted by molar-refractivity contribution is -0.187. The molecule has 3 rings (SSSR count). The number of amides is 2. The van der Waals surface area contributed by atoms with Gasteiger partial charge >= 0.3 is 6.18 Å². The van der Waals surface area contributed by atoms with E-state index in [0.29, 0.717) is 23.4 Å². The number of rotatable bonds is 7. The van der Waals surface area contributed by atoms with Gasteiger partial charge in [0.15, 0.2) is 9.84 Å². The van der Waals surface area contributed by atoms with Crippen LogP contribution in [-0.2, 0) is 31.4 Å². The number of alkyl halides is 3. The zero-order chi connectivity index (χ0) is 25.3. The normalized spacial score (nSPS) is 17.5. The first kappa shape index (κ1) is 25.7. The molecule has 2 amide bonds. The summed E-state index contributed by atoms with van der Waals surface area (Å²) >= 11 is 0. The Hall–Kier alpha value is -2.92. The molecule has 1 aliphatic heterocycles. The third-order valence-electron chi connectivity index (χ3n) is 6.03. The van der Waals surface area contributed by atoms with Gasteiger partial charge in [-0.2, -0.15) is 13.2 Å². The Bertz CT molecular complexity index is 1200. The molecule has 11 heteroatoms. The maximum atomic E-state index is 13.8. The first-order valence-corrected chi connectivity index (χ1v) is 12.4. The fraction of sp³-hybridized carbons (Fsp3) is 0.391. The van der Waals surface area contributed by atoms with Crippen LogP contribution in [-0.4, -0.2) is 39.2 Å². The van der Waals surface area contributed by atoms with Crippen LogP contribution in [0.2, 0.25) is 0 Å². The van der Waals surface area contributed by atoms with Gasteiger partial charge in [0.2, 0.25) is 11.8 Å². The molecule has 184 valence electrons. The smallest absolute Gasteiger partial charge is 0.356 e. The van der Waals surface area contributed by atoms with E-state index in [1.807, 2.05) is 0 Å². The Morgan fingerprint density at radius 2 is 1.76 bits per heavy atom. The van der Waals surface area contributed by atoms with Crippen molar-refractivity contribution in [1.29, 1.82) is 0 Å².